The van der Waals surface area contributed by atoms with Crippen LogP contribution in [0.3, 0.4) is 0 Å². The van der Waals surface area contributed by atoms with Gasteiger partial charge < -0.3 is 5.11 Å². The van der Waals surface area contributed by atoms with Gasteiger partial charge in [0.15, 0.2) is 0 Å². The number of aliphatic hydroxyl groups excluding tert-OH is 1. The highest BCUT2D eigenvalue weighted by molar-refractivity contribution is 5.34. The molecule has 0 spiro atoms. The molecule has 1 rings (SSSR count). The van der Waals surface area contributed by atoms with Gasteiger partial charge >= 0.3 is 0 Å². The lowest BCUT2D eigenvalue weighted by Gasteiger charge is -2.35. The molecule has 74 valence electrons. The summed E-state index contributed by atoms with van der Waals surface area (Å²) in [6.07, 6.45) is 5.95. The summed E-state index contributed by atoms with van der Waals surface area (Å²) in [4.78, 5) is 0. The first kappa shape index (κ1) is 10.5. The average Bonchev–Trinajstić information content (AvgIpc) is 2.07. The number of aliphatic hydroxyl groups is 1. The maximum Gasteiger partial charge on any atom is 0.0753 e. The largest absolute Gasteiger partial charge is 0.389 e. The normalized spacial score (nSPS) is 28.5. The third-order valence-corrected chi connectivity index (χ3v) is 3.03. The molecule has 0 aliphatic heterocycles. The first-order valence-electron chi connectivity index (χ1n) is 5.01. The van der Waals surface area contributed by atoms with E-state index in [4.69, 9.17) is 0 Å². The fraction of sp³-hybridized carbons (Fsp3) is 0.667. The highest BCUT2D eigenvalue weighted by Crippen LogP contribution is 2.40. The van der Waals surface area contributed by atoms with Crippen LogP contribution in [0.25, 0.3) is 0 Å². The Bertz CT molecular complexity index is 246. The fourth-order valence-electron chi connectivity index (χ4n) is 2.09. The maximum atomic E-state index is 9.72. The van der Waals surface area contributed by atoms with Crippen molar-refractivity contribution in [3.05, 3.63) is 23.3 Å². The molecule has 1 nitrogen and oxygen atoms in total. The van der Waals surface area contributed by atoms with Gasteiger partial charge in [-0.2, -0.15) is 0 Å². The van der Waals surface area contributed by atoms with Crippen LogP contribution >= 0.6 is 0 Å². The third-order valence-electron chi connectivity index (χ3n) is 3.03. The summed E-state index contributed by atoms with van der Waals surface area (Å²) in [5, 5.41) is 9.72. The minimum Gasteiger partial charge on any atom is -0.389 e. The van der Waals surface area contributed by atoms with Crippen molar-refractivity contribution >= 4 is 0 Å². The van der Waals surface area contributed by atoms with Crippen molar-refractivity contribution in [1.82, 2.24) is 0 Å². The van der Waals surface area contributed by atoms with E-state index in [2.05, 4.69) is 26.0 Å². The lowest BCUT2D eigenvalue weighted by molar-refractivity contribution is 0.163. The molecular weight excluding hydrogens is 160 g/mol. The summed E-state index contributed by atoms with van der Waals surface area (Å²) in [5.41, 5.74) is 2.69. The molecule has 0 bridgehead atoms. The van der Waals surface area contributed by atoms with Crippen LogP contribution in [0.2, 0.25) is 0 Å². The van der Waals surface area contributed by atoms with Gasteiger partial charge in [0.1, 0.15) is 0 Å². The monoisotopic (exact) mass is 180 g/mol. The first-order valence-corrected chi connectivity index (χ1v) is 5.01. The van der Waals surface area contributed by atoms with E-state index in [0.29, 0.717) is 0 Å². The summed E-state index contributed by atoms with van der Waals surface area (Å²) >= 11 is 0. The van der Waals surface area contributed by atoms with E-state index >= 15 is 0 Å². The minimum absolute atomic E-state index is 0.223. The molecule has 1 aliphatic carbocycles. The van der Waals surface area contributed by atoms with E-state index < -0.39 is 0 Å². The van der Waals surface area contributed by atoms with Crippen LogP contribution in [-0.4, -0.2) is 11.2 Å². The number of hydrogen-bond acceptors (Lipinski definition) is 1. The summed E-state index contributed by atoms with van der Waals surface area (Å²) in [5.74, 6) is 0. The van der Waals surface area contributed by atoms with Crippen LogP contribution in [0, 0.1) is 5.41 Å². The van der Waals surface area contributed by atoms with E-state index in [1.807, 2.05) is 13.8 Å². The third kappa shape index (κ3) is 2.02. The SMILES string of the molecule is C/C=C/C1=C(C)C(O)CCC1(C)C. The summed E-state index contributed by atoms with van der Waals surface area (Å²) in [6.45, 7) is 8.56. The molecule has 1 heteroatoms. The van der Waals surface area contributed by atoms with Gasteiger partial charge in [0.2, 0.25) is 0 Å². The maximum absolute atomic E-state index is 9.72. The number of allylic oxidation sites excluding steroid dienone is 3. The quantitative estimate of drug-likeness (QED) is 0.657. The minimum atomic E-state index is -0.223. The highest BCUT2D eigenvalue weighted by Gasteiger charge is 2.30. The van der Waals surface area contributed by atoms with Crippen molar-refractivity contribution in [2.24, 2.45) is 5.41 Å². The highest BCUT2D eigenvalue weighted by atomic mass is 16.3. The van der Waals surface area contributed by atoms with Gasteiger partial charge in [-0.05, 0) is 43.3 Å². The van der Waals surface area contributed by atoms with Crippen molar-refractivity contribution in [1.29, 1.82) is 0 Å². The Morgan fingerprint density at radius 3 is 2.62 bits per heavy atom. The van der Waals surface area contributed by atoms with Crippen LogP contribution in [0.15, 0.2) is 23.3 Å². The molecule has 0 aromatic rings. The van der Waals surface area contributed by atoms with Gasteiger partial charge in [-0.15, -0.1) is 0 Å². The predicted octanol–water partition coefficient (Wildman–Crippen LogP) is 3.06. The summed E-state index contributed by atoms with van der Waals surface area (Å²) < 4.78 is 0. The molecule has 0 radical (unpaired) electrons. The molecule has 0 aromatic carbocycles. The molecule has 0 aromatic heterocycles. The van der Waals surface area contributed by atoms with Gasteiger partial charge in [-0.1, -0.05) is 26.0 Å². The Morgan fingerprint density at radius 1 is 1.46 bits per heavy atom. The molecule has 1 atom stereocenters. The number of rotatable bonds is 1. The topological polar surface area (TPSA) is 20.2 Å². The van der Waals surface area contributed by atoms with Crippen LogP contribution in [0.4, 0.5) is 0 Å². The number of hydrogen-bond donors (Lipinski definition) is 1. The average molecular weight is 180 g/mol. The Morgan fingerprint density at radius 2 is 2.08 bits per heavy atom. The van der Waals surface area contributed by atoms with Gasteiger partial charge in [0.05, 0.1) is 6.10 Å². The molecule has 0 amide bonds. The molecule has 1 unspecified atom stereocenters. The van der Waals surface area contributed by atoms with E-state index in [1.165, 1.54) is 5.57 Å². The second kappa shape index (κ2) is 3.67. The lowest BCUT2D eigenvalue weighted by Crippen LogP contribution is -2.27. The zero-order chi connectivity index (χ0) is 10.1. The smallest absolute Gasteiger partial charge is 0.0753 e. The van der Waals surface area contributed by atoms with Gasteiger partial charge in [-0.3, -0.25) is 0 Å². The molecule has 13 heavy (non-hydrogen) atoms. The second-order valence-electron chi connectivity index (χ2n) is 4.54. The Labute approximate surface area is 81.2 Å². The van der Waals surface area contributed by atoms with E-state index in [-0.39, 0.29) is 11.5 Å². The molecule has 0 heterocycles. The van der Waals surface area contributed by atoms with Crippen molar-refractivity contribution in [2.45, 2.75) is 46.6 Å². The molecule has 0 saturated carbocycles. The molecular formula is C12H20O. The predicted molar refractivity (Wildman–Crippen MR) is 56.5 cm³/mol. The Hall–Kier alpha value is -0.560. The van der Waals surface area contributed by atoms with Crippen LogP contribution in [-0.2, 0) is 0 Å². The van der Waals surface area contributed by atoms with Gasteiger partial charge in [-0.25, -0.2) is 0 Å². The standard InChI is InChI=1S/C12H20O/c1-5-6-10-9(2)11(13)7-8-12(10,3)4/h5-6,11,13H,7-8H2,1-4H3/b6-5+. The van der Waals surface area contributed by atoms with Crippen molar-refractivity contribution in [2.75, 3.05) is 0 Å². The fourth-order valence-corrected chi connectivity index (χ4v) is 2.09. The van der Waals surface area contributed by atoms with E-state index in [0.717, 1.165) is 18.4 Å². The van der Waals surface area contributed by atoms with Crippen molar-refractivity contribution < 1.29 is 5.11 Å². The van der Waals surface area contributed by atoms with Crippen molar-refractivity contribution in [3.8, 4) is 0 Å². The summed E-state index contributed by atoms with van der Waals surface area (Å²) in [6, 6.07) is 0. The van der Waals surface area contributed by atoms with Crippen LogP contribution in [0.5, 0.6) is 0 Å². The molecule has 0 saturated heterocycles. The lowest BCUT2D eigenvalue weighted by atomic mass is 9.72. The first-order chi connectivity index (χ1) is 5.99. The molecule has 1 aliphatic rings. The molecule has 0 fully saturated rings. The van der Waals surface area contributed by atoms with E-state index in [1.54, 1.807) is 0 Å². The Balaban J connectivity index is 3.09. The van der Waals surface area contributed by atoms with E-state index in [9.17, 15) is 5.11 Å². The Kier molecular flexibility index (Phi) is 2.97. The van der Waals surface area contributed by atoms with Gasteiger partial charge in [0.25, 0.3) is 0 Å². The molecule has 1 N–H and O–H groups in total. The summed E-state index contributed by atoms with van der Waals surface area (Å²) in [7, 11) is 0. The second-order valence-corrected chi connectivity index (χ2v) is 4.54. The van der Waals surface area contributed by atoms with Crippen LogP contribution in [0.1, 0.15) is 40.5 Å². The van der Waals surface area contributed by atoms with Crippen LogP contribution < -0.4 is 0 Å². The zero-order valence-corrected chi connectivity index (χ0v) is 9.09. The van der Waals surface area contributed by atoms with Crippen molar-refractivity contribution in [3.63, 3.8) is 0 Å². The van der Waals surface area contributed by atoms with Gasteiger partial charge in [0, 0.05) is 0 Å². The zero-order valence-electron chi connectivity index (χ0n) is 9.09.